The van der Waals surface area contributed by atoms with Crippen LogP contribution in [0.2, 0.25) is 0 Å². The Labute approximate surface area is 358 Å². The maximum atomic E-state index is 2.50. The molecular weight excluding hydrogens is 749 g/mol. The highest BCUT2D eigenvalue weighted by Crippen LogP contribution is 2.46. The molecule has 1 atom stereocenters. The van der Waals surface area contributed by atoms with E-state index >= 15 is 0 Å². The van der Waals surface area contributed by atoms with Gasteiger partial charge in [-0.05, 0) is 144 Å². The van der Waals surface area contributed by atoms with Crippen molar-refractivity contribution in [2.24, 2.45) is 5.92 Å². The van der Waals surface area contributed by atoms with E-state index in [2.05, 4.69) is 222 Å². The largest absolute Gasteiger partial charge is 0.313 e. The maximum absolute atomic E-state index is 2.50. The Morgan fingerprint density at radius 3 is 1.65 bits per heavy atom. The fourth-order valence-corrected chi connectivity index (χ4v) is 11.1. The number of aromatic nitrogens is 2. The summed E-state index contributed by atoms with van der Waals surface area (Å²) < 4.78 is 4.92. The lowest BCUT2D eigenvalue weighted by atomic mass is 9.83. The van der Waals surface area contributed by atoms with Crippen molar-refractivity contribution in [3.8, 4) is 33.6 Å². The fraction of sp³-hybridized carbons (Fsp3) is 0.0333. The third-order valence-corrected chi connectivity index (χ3v) is 14.0. The van der Waals surface area contributed by atoms with Crippen molar-refractivity contribution >= 4 is 81.9 Å². The van der Waals surface area contributed by atoms with Crippen LogP contribution in [0.1, 0.15) is 11.3 Å². The highest BCUT2D eigenvalue weighted by molar-refractivity contribution is 6.28. The van der Waals surface area contributed by atoms with E-state index in [1.807, 2.05) is 0 Å². The lowest BCUT2D eigenvalue weighted by molar-refractivity contribution is 0.726. The standard InChI is InChI=1S/C60H38N2/c1-3-15-45(16-4-1)61-55-29-23-43(33-51(55)53-31-39-11-7-9-13-41(39)35-57(53)61)47-25-19-37-22-28-50-48(26-20-38-21-27-49(47)59(37)60(38)50)44-24-30-56-52(34-44)54-32-40-12-8-10-14-42(40)36-58(54)62(56)46-17-5-2-6-18-46/h1-35,42H,36H2. The molecule has 14 rings (SSSR count). The van der Waals surface area contributed by atoms with Gasteiger partial charge in [-0.3, -0.25) is 0 Å². The highest BCUT2D eigenvalue weighted by atomic mass is 15.0. The normalized spacial score (nSPS) is 14.8. The van der Waals surface area contributed by atoms with Gasteiger partial charge in [-0.15, -0.1) is 0 Å². The van der Waals surface area contributed by atoms with Gasteiger partial charge in [0.05, 0.1) is 16.6 Å². The number of hydrogen-bond donors (Lipinski definition) is 0. The molecule has 0 radical (unpaired) electrons. The lowest BCUT2D eigenvalue weighted by Gasteiger charge is -2.23. The van der Waals surface area contributed by atoms with Crippen LogP contribution in [0.5, 0.6) is 0 Å². The molecule has 2 heterocycles. The van der Waals surface area contributed by atoms with Crippen molar-refractivity contribution in [1.29, 1.82) is 0 Å². The molecule has 0 saturated heterocycles. The minimum atomic E-state index is 0.401. The molecule has 0 spiro atoms. The third-order valence-electron chi connectivity index (χ3n) is 14.0. The molecule has 2 aromatic heterocycles. The molecule has 2 nitrogen and oxygen atoms in total. The topological polar surface area (TPSA) is 9.86 Å². The second-order valence-electron chi connectivity index (χ2n) is 17.2. The molecule has 0 amide bonds. The SMILES string of the molecule is C1=CC2=Cc3c(n(-c4ccccc4)c4ccc(-c5ccc6ccc7c(-c8ccc9c(c8)c8cc%10ccccc%10cc8n9-c8ccccc8)ccc8ccc5c6c87)cc34)CC2C=C1. The summed E-state index contributed by atoms with van der Waals surface area (Å²) in [6, 6.07) is 68.0. The summed E-state index contributed by atoms with van der Waals surface area (Å²) in [5.41, 5.74) is 15.2. The number of hydrogen-bond acceptors (Lipinski definition) is 0. The quantitative estimate of drug-likeness (QED) is 0.157. The minimum Gasteiger partial charge on any atom is -0.313 e. The first kappa shape index (κ1) is 33.8. The molecular formula is C60H38N2. The lowest BCUT2D eigenvalue weighted by Crippen LogP contribution is -2.14. The Hall–Kier alpha value is -7.94. The number of benzene rings is 10. The van der Waals surface area contributed by atoms with Gasteiger partial charge in [-0.25, -0.2) is 0 Å². The highest BCUT2D eigenvalue weighted by Gasteiger charge is 2.27. The van der Waals surface area contributed by atoms with E-state index in [1.165, 1.54) is 126 Å². The second-order valence-corrected chi connectivity index (χ2v) is 17.2. The van der Waals surface area contributed by atoms with Crippen LogP contribution in [-0.4, -0.2) is 9.13 Å². The van der Waals surface area contributed by atoms with Crippen LogP contribution in [0, 0.1) is 5.92 Å². The number of rotatable bonds is 4. The summed E-state index contributed by atoms with van der Waals surface area (Å²) in [5.74, 6) is 0.401. The summed E-state index contributed by atoms with van der Waals surface area (Å²) >= 11 is 0. The van der Waals surface area contributed by atoms with Crippen LogP contribution in [0.3, 0.4) is 0 Å². The van der Waals surface area contributed by atoms with Gasteiger partial charge in [-0.1, -0.05) is 146 Å². The van der Waals surface area contributed by atoms with Gasteiger partial charge >= 0.3 is 0 Å². The van der Waals surface area contributed by atoms with E-state index in [1.54, 1.807) is 0 Å². The molecule has 12 aromatic rings. The summed E-state index contributed by atoms with van der Waals surface area (Å²) in [5, 5.41) is 14.1. The van der Waals surface area contributed by atoms with Gasteiger partial charge in [0.15, 0.2) is 0 Å². The molecule has 10 aromatic carbocycles. The van der Waals surface area contributed by atoms with Gasteiger partial charge in [-0.2, -0.15) is 0 Å². The summed E-state index contributed by atoms with van der Waals surface area (Å²) in [7, 11) is 0. The van der Waals surface area contributed by atoms with Crippen LogP contribution in [0.15, 0.2) is 212 Å². The van der Waals surface area contributed by atoms with Crippen LogP contribution >= 0.6 is 0 Å². The molecule has 0 fully saturated rings. The van der Waals surface area contributed by atoms with Crippen LogP contribution in [-0.2, 0) is 6.42 Å². The third kappa shape index (κ3) is 4.81. The average molecular weight is 787 g/mol. The van der Waals surface area contributed by atoms with E-state index in [0.29, 0.717) is 5.92 Å². The minimum absolute atomic E-state index is 0.401. The predicted molar refractivity (Wildman–Crippen MR) is 263 cm³/mol. The van der Waals surface area contributed by atoms with Crippen molar-refractivity contribution in [3.05, 3.63) is 223 Å². The Bertz CT molecular complexity index is 3930. The van der Waals surface area contributed by atoms with E-state index in [-0.39, 0.29) is 0 Å². The fourth-order valence-electron chi connectivity index (χ4n) is 11.1. The summed E-state index contributed by atoms with van der Waals surface area (Å²) in [4.78, 5) is 0. The van der Waals surface area contributed by atoms with Crippen LogP contribution in [0.25, 0.3) is 116 Å². The molecule has 2 heteroatoms. The van der Waals surface area contributed by atoms with Crippen molar-refractivity contribution in [1.82, 2.24) is 9.13 Å². The molecule has 1 unspecified atom stereocenters. The average Bonchev–Trinajstić information content (AvgIpc) is 3.82. The molecule has 62 heavy (non-hydrogen) atoms. The van der Waals surface area contributed by atoms with E-state index in [9.17, 15) is 0 Å². The Morgan fingerprint density at radius 1 is 0.403 bits per heavy atom. The van der Waals surface area contributed by atoms with Crippen molar-refractivity contribution in [3.63, 3.8) is 0 Å². The van der Waals surface area contributed by atoms with E-state index in [4.69, 9.17) is 0 Å². The summed E-state index contributed by atoms with van der Waals surface area (Å²) in [6.45, 7) is 0. The Balaban J connectivity index is 0.964. The van der Waals surface area contributed by atoms with Gasteiger partial charge in [0.2, 0.25) is 0 Å². The zero-order valence-corrected chi connectivity index (χ0v) is 33.9. The van der Waals surface area contributed by atoms with Gasteiger partial charge in [0.1, 0.15) is 0 Å². The predicted octanol–water partition coefficient (Wildman–Crippen LogP) is 15.8. The van der Waals surface area contributed by atoms with E-state index in [0.717, 1.165) is 6.42 Å². The Kier molecular flexibility index (Phi) is 6.98. The Morgan fingerprint density at radius 2 is 0.968 bits per heavy atom. The van der Waals surface area contributed by atoms with Crippen LogP contribution in [0.4, 0.5) is 0 Å². The smallest absolute Gasteiger partial charge is 0.0547 e. The monoisotopic (exact) mass is 786 g/mol. The number of fused-ring (bicyclic) bond motifs is 8. The first-order valence-electron chi connectivity index (χ1n) is 21.8. The molecule has 0 saturated carbocycles. The first-order chi connectivity index (χ1) is 30.7. The number of allylic oxidation sites excluding steroid dienone is 5. The zero-order valence-electron chi connectivity index (χ0n) is 33.9. The number of para-hydroxylation sites is 2. The molecule has 2 aliphatic rings. The van der Waals surface area contributed by atoms with Crippen LogP contribution < -0.4 is 0 Å². The molecule has 0 N–H and O–H groups in total. The molecule has 0 aliphatic heterocycles. The molecule has 2 aliphatic carbocycles. The van der Waals surface area contributed by atoms with Crippen molar-refractivity contribution in [2.75, 3.05) is 0 Å². The molecule has 288 valence electrons. The summed E-state index contributed by atoms with van der Waals surface area (Å²) in [6.07, 6.45) is 12.5. The first-order valence-corrected chi connectivity index (χ1v) is 21.8. The second kappa shape index (κ2) is 12.8. The van der Waals surface area contributed by atoms with Gasteiger partial charge in [0.25, 0.3) is 0 Å². The zero-order chi connectivity index (χ0) is 40.5. The van der Waals surface area contributed by atoms with Crippen molar-refractivity contribution in [2.45, 2.75) is 6.42 Å². The maximum Gasteiger partial charge on any atom is 0.0547 e. The molecule has 0 bridgehead atoms. The van der Waals surface area contributed by atoms with Gasteiger partial charge in [0, 0.05) is 44.7 Å². The number of nitrogens with zero attached hydrogens (tertiary/aromatic N) is 2. The van der Waals surface area contributed by atoms with Gasteiger partial charge < -0.3 is 9.13 Å². The van der Waals surface area contributed by atoms with E-state index < -0.39 is 0 Å². The van der Waals surface area contributed by atoms with Crippen molar-refractivity contribution < 1.29 is 0 Å².